The van der Waals surface area contributed by atoms with Crippen LogP contribution >= 0.6 is 22.6 Å². The van der Waals surface area contributed by atoms with Crippen molar-refractivity contribution in [3.8, 4) is 0 Å². The molecule has 1 N–H and O–H groups in total. The summed E-state index contributed by atoms with van der Waals surface area (Å²) in [4.78, 5) is 10.2. The number of hydrogen-bond donors (Lipinski definition) is 1. The number of carbonyl (C=O) groups is 1. The number of halogens is 1. The van der Waals surface area contributed by atoms with Crippen molar-refractivity contribution in [1.29, 1.82) is 0 Å². The summed E-state index contributed by atoms with van der Waals surface area (Å²) in [5.41, 5.74) is 0. The molecule has 0 spiro atoms. The van der Waals surface area contributed by atoms with Gasteiger partial charge < -0.3 is 5.11 Å². The van der Waals surface area contributed by atoms with Crippen molar-refractivity contribution in [2.45, 2.75) is 39.0 Å². The summed E-state index contributed by atoms with van der Waals surface area (Å²) < 4.78 is 1.20. The van der Waals surface area contributed by atoms with E-state index in [1.165, 1.54) is 17.3 Å². The zero-order valence-corrected chi connectivity index (χ0v) is 9.71. The van der Waals surface area contributed by atoms with Crippen LogP contribution in [0.4, 0.5) is 0 Å². The summed E-state index contributed by atoms with van der Waals surface area (Å²) in [6.07, 6.45) is 4.64. The second-order valence-corrected chi connectivity index (χ2v) is 3.95. The average molecular weight is 284 g/mol. The fourth-order valence-electron chi connectivity index (χ4n) is 1.10. The molecule has 1 atom stereocenters. The highest BCUT2D eigenvalue weighted by atomic mass is 127. The van der Waals surface area contributed by atoms with Crippen LogP contribution in [0.3, 0.4) is 0 Å². The summed E-state index contributed by atoms with van der Waals surface area (Å²) in [6.45, 7) is 2.19. The number of hydrogen-bond acceptors (Lipinski definition) is 1. The molecule has 0 radical (unpaired) electrons. The van der Waals surface area contributed by atoms with E-state index in [4.69, 9.17) is 5.11 Å². The Labute approximate surface area is 87.9 Å². The Morgan fingerprint density at radius 1 is 1.50 bits per heavy atom. The molecular weight excluding hydrogens is 267 g/mol. The summed E-state index contributed by atoms with van der Waals surface area (Å²) >= 11 is 2.40. The molecule has 2 nitrogen and oxygen atoms in total. The SMILES string of the molecule is CCC(CI)CCCCC(=O)O. The maximum absolute atomic E-state index is 10.2. The zero-order valence-electron chi connectivity index (χ0n) is 7.55. The van der Waals surface area contributed by atoms with Gasteiger partial charge in [-0.3, -0.25) is 4.79 Å². The van der Waals surface area contributed by atoms with Gasteiger partial charge in [0.2, 0.25) is 0 Å². The summed E-state index contributed by atoms with van der Waals surface area (Å²) in [5, 5.41) is 8.39. The first kappa shape index (κ1) is 12.2. The molecule has 0 aromatic rings. The molecule has 0 aromatic heterocycles. The number of carboxylic acids is 1. The van der Waals surface area contributed by atoms with Gasteiger partial charge in [0.15, 0.2) is 0 Å². The zero-order chi connectivity index (χ0) is 9.40. The van der Waals surface area contributed by atoms with E-state index in [2.05, 4.69) is 29.5 Å². The van der Waals surface area contributed by atoms with Crippen molar-refractivity contribution in [2.75, 3.05) is 4.43 Å². The van der Waals surface area contributed by atoms with Crippen LogP contribution < -0.4 is 0 Å². The van der Waals surface area contributed by atoms with E-state index < -0.39 is 5.97 Å². The van der Waals surface area contributed by atoms with Crippen LogP contribution in [-0.2, 0) is 4.79 Å². The third kappa shape index (κ3) is 6.88. The summed E-state index contributed by atoms with van der Waals surface area (Å²) in [5.74, 6) is 0.122. The lowest BCUT2D eigenvalue weighted by Crippen LogP contribution is -2.01. The van der Waals surface area contributed by atoms with Crippen LogP contribution in [0.5, 0.6) is 0 Å². The summed E-state index contributed by atoms with van der Waals surface area (Å²) in [6, 6.07) is 0. The van der Waals surface area contributed by atoms with E-state index in [1.807, 2.05) is 0 Å². The normalized spacial score (nSPS) is 12.8. The van der Waals surface area contributed by atoms with Crippen molar-refractivity contribution in [3.63, 3.8) is 0 Å². The van der Waals surface area contributed by atoms with Gasteiger partial charge in [-0.2, -0.15) is 0 Å². The predicted molar refractivity (Wildman–Crippen MR) is 58.8 cm³/mol. The Balaban J connectivity index is 3.23. The monoisotopic (exact) mass is 284 g/mol. The molecule has 0 aliphatic carbocycles. The topological polar surface area (TPSA) is 37.3 Å². The molecule has 0 saturated heterocycles. The van der Waals surface area contributed by atoms with Gasteiger partial charge in [0.1, 0.15) is 0 Å². The van der Waals surface area contributed by atoms with Crippen LogP contribution in [0.1, 0.15) is 39.0 Å². The highest BCUT2D eigenvalue weighted by Gasteiger charge is 2.04. The van der Waals surface area contributed by atoms with Crippen LogP contribution in [0.15, 0.2) is 0 Å². The molecule has 0 aromatic carbocycles. The standard InChI is InChI=1S/C9H17IO2/c1-2-8(7-10)5-3-4-6-9(11)12/h8H,2-7H2,1H3,(H,11,12). The Kier molecular flexibility index (Phi) is 7.96. The quantitative estimate of drug-likeness (QED) is 0.443. The number of unbranched alkanes of at least 4 members (excludes halogenated alkanes) is 1. The highest BCUT2D eigenvalue weighted by Crippen LogP contribution is 2.15. The largest absolute Gasteiger partial charge is 0.481 e. The Hall–Kier alpha value is 0.200. The Bertz CT molecular complexity index is 122. The maximum atomic E-state index is 10.2. The van der Waals surface area contributed by atoms with Gasteiger partial charge in [-0.05, 0) is 18.8 Å². The molecule has 0 bridgehead atoms. The lowest BCUT2D eigenvalue weighted by Gasteiger charge is -2.09. The molecule has 0 aliphatic rings. The third-order valence-corrected chi connectivity index (χ3v) is 3.29. The molecular formula is C9H17IO2. The average Bonchev–Trinajstić information content (AvgIpc) is 2.04. The Morgan fingerprint density at radius 3 is 2.58 bits per heavy atom. The number of carboxylic acid groups (broad SMARTS) is 1. The van der Waals surface area contributed by atoms with Crippen LogP contribution in [-0.4, -0.2) is 15.5 Å². The van der Waals surface area contributed by atoms with Crippen LogP contribution in [0, 0.1) is 5.92 Å². The number of alkyl halides is 1. The molecule has 0 fully saturated rings. The van der Waals surface area contributed by atoms with Gasteiger partial charge in [-0.25, -0.2) is 0 Å². The molecule has 0 rings (SSSR count). The smallest absolute Gasteiger partial charge is 0.303 e. The first-order valence-corrected chi connectivity index (χ1v) is 6.01. The maximum Gasteiger partial charge on any atom is 0.303 e. The molecule has 0 heterocycles. The minimum absolute atomic E-state index is 0.331. The second kappa shape index (κ2) is 7.83. The highest BCUT2D eigenvalue weighted by molar-refractivity contribution is 14.1. The first-order chi connectivity index (χ1) is 5.70. The molecule has 0 aliphatic heterocycles. The third-order valence-electron chi connectivity index (χ3n) is 2.05. The van der Waals surface area contributed by atoms with Gasteiger partial charge in [-0.1, -0.05) is 42.4 Å². The van der Waals surface area contributed by atoms with Gasteiger partial charge >= 0.3 is 5.97 Å². The van der Waals surface area contributed by atoms with Gasteiger partial charge in [0, 0.05) is 10.8 Å². The minimum atomic E-state index is -0.669. The number of aliphatic carboxylic acids is 1. The van der Waals surface area contributed by atoms with Gasteiger partial charge in [-0.15, -0.1) is 0 Å². The first-order valence-electron chi connectivity index (χ1n) is 4.48. The molecule has 3 heteroatoms. The minimum Gasteiger partial charge on any atom is -0.481 e. The van der Waals surface area contributed by atoms with Gasteiger partial charge in [0.25, 0.3) is 0 Å². The van der Waals surface area contributed by atoms with Crippen molar-refractivity contribution in [3.05, 3.63) is 0 Å². The predicted octanol–water partition coefficient (Wildman–Crippen LogP) is 3.09. The lowest BCUT2D eigenvalue weighted by atomic mass is 10.0. The van der Waals surface area contributed by atoms with Crippen LogP contribution in [0.25, 0.3) is 0 Å². The van der Waals surface area contributed by atoms with Crippen molar-refractivity contribution < 1.29 is 9.90 Å². The molecule has 12 heavy (non-hydrogen) atoms. The summed E-state index contributed by atoms with van der Waals surface area (Å²) in [7, 11) is 0. The molecule has 0 saturated carbocycles. The van der Waals surface area contributed by atoms with Crippen molar-refractivity contribution in [1.82, 2.24) is 0 Å². The van der Waals surface area contributed by atoms with Crippen LogP contribution in [0.2, 0.25) is 0 Å². The Morgan fingerprint density at radius 2 is 2.17 bits per heavy atom. The van der Waals surface area contributed by atoms with E-state index in [0.717, 1.165) is 18.8 Å². The van der Waals surface area contributed by atoms with E-state index in [9.17, 15) is 4.79 Å². The fourth-order valence-corrected chi connectivity index (χ4v) is 2.16. The van der Waals surface area contributed by atoms with E-state index in [1.54, 1.807) is 0 Å². The van der Waals surface area contributed by atoms with Gasteiger partial charge in [0.05, 0.1) is 0 Å². The van der Waals surface area contributed by atoms with E-state index >= 15 is 0 Å². The van der Waals surface area contributed by atoms with E-state index in [-0.39, 0.29) is 0 Å². The number of rotatable bonds is 7. The van der Waals surface area contributed by atoms with Crippen molar-refractivity contribution in [2.24, 2.45) is 5.92 Å². The van der Waals surface area contributed by atoms with E-state index in [0.29, 0.717) is 6.42 Å². The molecule has 0 amide bonds. The second-order valence-electron chi connectivity index (χ2n) is 3.07. The lowest BCUT2D eigenvalue weighted by molar-refractivity contribution is -0.137. The molecule has 1 unspecified atom stereocenters. The fraction of sp³-hybridized carbons (Fsp3) is 0.889. The molecule has 72 valence electrons. The van der Waals surface area contributed by atoms with Crippen molar-refractivity contribution >= 4 is 28.6 Å².